The quantitative estimate of drug-likeness (QED) is 0.767. The van der Waals surface area contributed by atoms with Crippen molar-refractivity contribution in [3.05, 3.63) is 65.7 Å². The Balaban J connectivity index is 1.27. The zero-order valence-electron chi connectivity index (χ0n) is 16.3. The van der Waals surface area contributed by atoms with Crippen LogP contribution in [0.5, 0.6) is 0 Å². The Labute approximate surface area is 171 Å². The van der Waals surface area contributed by atoms with Gasteiger partial charge in [0.05, 0.1) is 0 Å². The minimum atomic E-state index is -3.60. The van der Waals surface area contributed by atoms with Gasteiger partial charge in [0, 0.05) is 31.1 Å². The number of rotatable bonds is 5. The van der Waals surface area contributed by atoms with Crippen LogP contribution in [0, 0.1) is 5.92 Å². The molecule has 0 atom stereocenters. The van der Waals surface area contributed by atoms with Crippen LogP contribution in [0.1, 0.15) is 30.4 Å². The third-order valence-electron chi connectivity index (χ3n) is 5.56. The van der Waals surface area contributed by atoms with Crippen molar-refractivity contribution >= 4 is 21.8 Å². The van der Waals surface area contributed by atoms with E-state index in [1.54, 1.807) is 18.2 Å². The van der Waals surface area contributed by atoms with Crippen LogP contribution >= 0.6 is 0 Å². The standard InChI is InChI=1S/C22H25N3O3S/c26-22(23-14-6-9-17-7-2-1-3-8-17)18-12-15-25(16-13-18)21-19-10-4-5-11-20(19)29(27,28)24-21/h1-5,7-8,10-11,18H,6,9,12-16H2,(H,23,26). The van der Waals surface area contributed by atoms with Gasteiger partial charge in [0.15, 0.2) is 5.84 Å². The van der Waals surface area contributed by atoms with E-state index in [-0.39, 0.29) is 16.7 Å². The second-order valence-electron chi connectivity index (χ2n) is 7.53. The van der Waals surface area contributed by atoms with Crippen molar-refractivity contribution in [2.24, 2.45) is 10.3 Å². The van der Waals surface area contributed by atoms with Crippen LogP contribution in [0.4, 0.5) is 0 Å². The molecule has 152 valence electrons. The number of sulfonamides is 1. The van der Waals surface area contributed by atoms with Crippen molar-refractivity contribution in [3.8, 4) is 0 Å². The number of nitrogens with zero attached hydrogens (tertiary/aromatic N) is 2. The first-order valence-corrected chi connectivity index (χ1v) is 11.5. The van der Waals surface area contributed by atoms with Crippen LogP contribution in [0.25, 0.3) is 0 Å². The summed E-state index contributed by atoms with van der Waals surface area (Å²) in [5.74, 6) is 0.582. The van der Waals surface area contributed by atoms with Crippen molar-refractivity contribution in [2.75, 3.05) is 19.6 Å². The molecule has 1 saturated heterocycles. The molecule has 2 aromatic carbocycles. The Morgan fingerprint density at radius 2 is 1.72 bits per heavy atom. The van der Waals surface area contributed by atoms with Crippen LogP contribution in [0.2, 0.25) is 0 Å². The van der Waals surface area contributed by atoms with Gasteiger partial charge in [0.25, 0.3) is 10.0 Å². The number of amides is 1. The lowest BCUT2D eigenvalue weighted by molar-refractivity contribution is -0.126. The Kier molecular flexibility index (Phi) is 5.67. The number of nitrogens with one attached hydrogen (secondary N) is 1. The maximum absolute atomic E-state index is 12.5. The SMILES string of the molecule is O=C(NCCCc1ccccc1)C1CCN(C2=NS(=O)(=O)c3ccccc32)CC1. The number of amidine groups is 1. The highest BCUT2D eigenvalue weighted by molar-refractivity contribution is 7.90. The first-order chi connectivity index (χ1) is 14.0. The van der Waals surface area contributed by atoms with E-state index in [2.05, 4.69) is 21.8 Å². The van der Waals surface area contributed by atoms with Gasteiger partial charge in [0.2, 0.25) is 5.91 Å². The first kappa shape index (κ1) is 19.6. The van der Waals surface area contributed by atoms with Crippen LogP contribution in [0.3, 0.4) is 0 Å². The molecular formula is C22H25N3O3S. The molecule has 7 heteroatoms. The summed E-state index contributed by atoms with van der Waals surface area (Å²) in [5.41, 5.74) is 1.94. The summed E-state index contributed by atoms with van der Waals surface area (Å²) in [6, 6.07) is 17.2. The van der Waals surface area contributed by atoms with Gasteiger partial charge in [-0.25, -0.2) is 0 Å². The monoisotopic (exact) mass is 411 g/mol. The smallest absolute Gasteiger partial charge is 0.285 e. The molecule has 2 aliphatic heterocycles. The Hall–Kier alpha value is -2.67. The van der Waals surface area contributed by atoms with Gasteiger partial charge in [-0.15, -0.1) is 4.40 Å². The number of piperidine rings is 1. The molecule has 4 rings (SSSR count). The van der Waals surface area contributed by atoms with E-state index in [9.17, 15) is 13.2 Å². The number of hydrogen-bond donors (Lipinski definition) is 1. The molecule has 1 N–H and O–H groups in total. The largest absolute Gasteiger partial charge is 0.356 e. The fourth-order valence-corrected chi connectivity index (χ4v) is 5.19. The van der Waals surface area contributed by atoms with Crippen molar-refractivity contribution in [2.45, 2.75) is 30.6 Å². The van der Waals surface area contributed by atoms with Crippen LogP contribution in [-0.2, 0) is 21.2 Å². The van der Waals surface area contributed by atoms with Crippen LogP contribution in [-0.4, -0.2) is 44.7 Å². The van der Waals surface area contributed by atoms with Gasteiger partial charge in [0.1, 0.15) is 4.90 Å². The van der Waals surface area contributed by atoms with Crippen molar-refractivity contribution in [3.63, 3.8) is 0 Å². The minimum absolute atomic E-state index is 0.0307. The number of fused-ring (bicyclic) bond motifs is 1. The third kappa shape index (κ3) is 4.34. The van der Waals surface area contributed by atoms with Crippen LogP contribution < -0.4 is 5.32 Å². The van der Waals surface area contributed by atoms with E-state index in [0.29, 0.717) is 43.9 Å². The fourth-order valence-electron chi connectivity index (χ4n) is 3.96. The van der Waals surface area contributed by atoms with Gasteiger partial charge in [-0.1, -0.05) is 42.5 Å². The lowest BCUT2D eigenvalue weighted by atomic mass is 9.95. The van der Waals surface area contributed by atoms with E-state index < -0.39 is 10.0 Å². The predicted octanol–water partition coefficient (Wildman–Crippen LogP) is 2.60. The lowest BCUT2D eigenvalue weighted by Gasteiger charge is -2.32. The molecule has 0 unspecified atom stereocenters. The molecular weight excluding hydrogens is 386 g/mol. The van der Waals surface area contributed by atoms with E-state index in [4.69, 9.17) is 0 Å². The number of carbonyl (C=O) groups excluding carboxylic acids is 1. The summed E-state index contributed by atoms with van der Waals surface area (Å²) in [4.78, 5) is 14.7. The molecule has 2 heterocycles. The zero-order valence-corrected chi connectivity index (χ0v) is 17.1. The maximum Gasteiger partial charge on any atom is 0.285 e. The predicted molar refractivity (Wildman–Crippen MR) is 112 cm³/mol. The molecule has 1 amide bonds. The summed E-state index contributed by atoms with van der Waals surface area (Å²) >= 11 is 0. The highest BCUT2D eigenvalue weighted by Gasteiger charge is 2.34. The molecule has 0 saturated carbocycles. The molecule has 0 aromatic heterocycles. The van der Waals surface area contributed by atoms with Gasteiger partial charge in [-0.2, -0.15) is 8.42 Å². The molecule has 2 aliphatic rings. The van der Waals surface area contributed by atoms with Crippen molar-refractivity contribution < 1.29 is 13.2 Å². The highest BCUT2D eigenvalue weighted by atomic mass is 32.2. The number of hydrogen-bond acceptors (Lipinski definition) is 4. The van der Waals surface area contributed by atoms with Crippen LogP contribution in [0.15, 0.2) is 63.9 Å². The third-order valence-corrected chi connectivity index (χ3v) is 6.89. The first-order valence-electron chi connectivity index (χ1n) is 10.1. The summed E-state index contributed by atoms with van der Waals surface area (Å²) in [5, 5.41) is 3.05. The van der Waals surface area contributed by atoms with Gasteiger partial charge >= 0.3 is 0 Å². The summed E-state index contributed by atoms with van der Waals surface area (Å²) in [6.07, 6.45) is 3.27. The minimum Gasteiger partial charge on any atom is -0.356 e. The lowest BCUT2D eigenvalue weighted by Crippen LogP contribution is -2.43. The fraction of sp³-hybridized carbons (Fsp3) is 0.364. The Morgan fingerprint density at radius 1 is 1.03 bits per heavy atom. The van der Waals surface area contributed by atoms with E-state index in [1.807, 2.05) is 29.2 Å². The highest BCUT2D eigenvalue weighted by Crippen LogP contribution is 2.29. The topological polar surface area (TPSA) is 78.8 Å². The van der Waals surface area contributed by atoms with Gasteiger partial charge < -0.3 is 10.2 Å². The van der Waals surface area contributed by atoms with Gasteiger partial charge in [-0.3, -0.25) is 4.79 Å². The second-order valence-corrected chi connectivity index (χ2v) is 9.10. The van der Waals surface area contributed by atoms with E-state index in [1.165, 1.54) is 5.56 Å². The maximum atomic E-state index is 12.5. The molecule has 0 spiro atoms. The summed E-state index contributed by atoms with van der Waals surface area (Å²) < 4.78 is 28.5. The van der Waals surface area contributed by atoms with Gasteiger partial charge in [-0.05, 0) is 43.4 Å². The number of likely N-dealkylation sites (tertiary alicyclic amines) is 1. The summed E-state index contributed by atoms with van der Waals surface area (Å²) in [7, 11) is -3.60. The average Bonchev–Trinajstić information content (AvgIpc) is 3.03. The molecule has 6 nitrogen and oxygen atoms in total. The molecule has 0 aliphatic carbocycles. The normalized spacial score (nSPS) is 18.2. The number of carbonyl (C=O) groups is 1. The molecule has 0 radical (unpaired) electrons. The molecule has 2 aromatic rings. The number of benzene rings is 2. The van der Waals surface area contributed by atoms with Crippen molar-refractivity contribution in [1.29, 1.82) is 0 Å². The molecule has 0 bridgehead atoms. The Morgan fingerprint density at radius 3 is 2.48 bits per heavy atom. The van der Waals surface area contributed by atoms with Crippen molar-refractivity contribution in [1.82, 2.24) is 10.2 Å². The Bertz CT molecular complexity index is 1010. The molecule has 29 heavy (non-hydrogen) atoms. The average molecular weight is 412 g/mol. The second kappa shape index (κ2) is 8.37. The molecule has 1 fully saturated rings. The van der Waals surface area contributed by atoms with E-state index >= 15 is 0 Å². The summed E-state index contributed by atoms with van der Waals surface area (Å²) in [6.45, 7) is 1.93. The number of aryl methyl sites for hydroxylation is 1. The van der Waals surface area contributed by atoms with E-state index in [0.717, 1.165) is 12.8 Å². The zero-order chi connectivity index (χ0) is 20.3.